The standard InChI is InChI=1S/C12H11F2NO/c1-7-5-15-6-10(7)9-3-8(13)4-11(16-2)12(9)14/h3-6,15H,1-2H3. The number of rotatable bonds is 2. The van der Waals surface area contributed by atoms with Gasteiger partial charge in [0.1, 0.15) is 5.82 Å². The second-order valence-electron chi connectivity index (χ2n) is 3.52. The van der Waals surface area contributed by atoms with Crippen LogP contribution in [0.2, 0.25) is 0 Å². The van der Waals surface area contributed by atoms with Crippen molar-refractivity contribution in [3.8, 4) is 16.9 Å². The summed E-state index contributed by atoms with van der Waals surface area (Å²) >= 11 is 0. The van der Waals surface area contributed by atoms with Gasteiger partial charge < -0.3 is 9.72 Å². The smallest absolute Gasteiger partial charge is 0.173 e. The van der Waals surface area contributed by atoms with Gasteiger partial charge in [0, 0.05) is 29.6 Å². The second kappa shape index (κ2) is 3.96. The van der Waals surface area contributed by atoms with Gasteiger partial charge in [0.05, 0.1) is 7.11 Å². The van der Waals surface area contributed by atoms with Crippen LogP contribution in [0.3, 0.4) is 0 Å². The fourth-order valence-electron chi connectivity index (χ4n) is 1.64. The molecule has 16 heavy (non-hydrogen) atoms. The van der Waals surface area contributed by atoms with E-state index in [-0.39, 0.29) is 11.3 Å². The van der Waals surface area contributed by atoms with Gasteiger partial charge in [-0.1, -0.05) is 0 Å². The van der Waals surface area contributed by atoms with Gasteiger partial charge in [-0.3, -0.25) is 0 Å². The topological polar surface area (TPSA) is 25.0 Å². The number of aromatic nitrogens is 1. The summed E-state index contributed by atoms with van der Waals surface area (Å²) in [5.74, 6) is -1.16. The van der Waals surface area contributed by atoms with Gasteiger partial charge in [-0.25, -0.2) is 8.78 Å². The Labute approximate surface area is 91.9 Å². The van der Waals surface area contributed by atoms with E-state index in [4.69, 9.17) is 4.74 Å². The Bertz CT molecular complexity index is 520. The number of aromatic amines is 1. The van der Waals surface area contributed by atoms with Gasteiger partial charge in [-0.15, -0.1) is 0 Å². The molecule has 0 spiro atoms. The van der Waals surface area contributed by atoms with Crippen LogP contribution >= 0.6 is 0 Å². The third kappa shape index (κ3) is 1.66. The molecule has 0 radical (unpaired) electrons. The quantitative estimate of drug-likeness (QED) is 0.830. The molecule has 1 aromatic heterocycles. The van der Waals surface area contributed by atoms with Crippen LogP contribution in [0.4, 0.5) is 8.78 Å². The van der Waals surface area contributed by atoms with Crippen molar-refractivity contribution >= 4 is 0 Å². The molecule has 0 saturated heterocycles. The zero-order chi connectivity index (χ0) is 11.7. The molecule has 0 amide bonds. The summed E-state index contributed by atoms with van der Waals surface area (Å²) in [7, 11) is 1.31. The summed E-state index contributed by atoms with van der Waals surface area (Å²) in [4.78, 5) is 2.85. The van der Waals surface area contributed by atoms with Crippen LogP contribution in [-0.2, 0) is 0 Å². The predicted molar refractivity (Wildman–Crippen MR) is 57.4 cm³/mol. The van der Waals surface area contributed by atoms with Crippen molar-refractivity contribution in [1.29, 1.82) is 0 Å². The van der Waals surface area contributed by atoms with Gasteiger partial charge in [-0.2, -0.15) is 0 Å². The Morgan fingerprint density at radius 2 is 1.88 bits per heavy atom. The lowest BCUT2D eigenvalue weighted by atomic mass is 10.0. The molecule has 2 aromatic rings. The number of methoxy groups -OCH3 is 1. The van der Waals surface area contributed by atoms with Gasteiger partial charge in [-0.05, 0) is 18.6 Å². The summed E-state index contributed by atoms with van der Waals surface area (Å²) < 4.78 is 31.9. The van der Waals surface area contributed by atoms with Crippen molar-refractivity contribution in [1.82, 2.24) is 4.98 Å². The Kier molecular flexibility index (Phi) is 2.64. The van der Waals surface area contributed by atoms with Crippen molar-refractivity contribution in [3.05, 3.63) is 41.7 Å². The van der Waals surface area contributed by atoms with Gasteiger partial charge in [0.2, 0.25) is 0 Å². The first kappa shape index (κ1) is 10.7. The van der Waals surface area contributed by atoms with Gasteiger partial charge in [0.15, 0.2) is 11.6 Å². The molecule has 0 bridgehead atoms. The van der Waals surface area contributed by atoms with Crippen LogP contribution in [-0.4, -0.2) is 12.1 Å². The first-order valence-corrected chi connectivity index (χ1v) is 4.80. The molecule has 1 heterocycles. The van der Waals surface area contributed by atoms with E-state index < -0.39 is 11.6 Å². The highest BCUT2D eigenvalue weighted by Crippen LogP contribution is 2.31. The van der Waals surface area contributed by atoms with E-state index in [0.717, 1.165) is 17.7 Å². The van der Waals surface area contributed by atoms with Crippen LogP contribution in [0, 0.1) is 18.6 Å². The number of nitrogens with one attached hydrogen (secondary N) is 1. The first-order valence-electron chi connectivity index (χ1n) is 4.80. The van der Waals surface area contributed by atoms with E-state index in [1.54, 1.807) is 12.4 Å². The minimum Gasteiger partial charge on any atom is -0.494 e. The number of hydrogen-bond acceptors (Lipinski definition) is 1. The van der Waals surface area contributed by atoms with Crippen LogP contribution in [0.5, 0.6) is 5.75 Å². The minimum atomic E-state index is -0.549. The number of ether oxygens (including phenoxy) is 1. The molecule has 2 nitrogen and oxygen atoms in total. The van der Waals surface area contributed by atoms with Crippen LogP contribution in [0.15, 0.2) is 24.5 Å². The van der Waals surface area contributed by atoms with Crippen LogP contribution in [0.1, 0.15) is 5.56 Å². The molecule has 84 valence electrons. The fourth-order valence-corrected chi connectivity index (χ4v) is 1.64. The predicted octanol–water partition coefficient (Wildman–Crippen LogP) is 3.28. The number of aryl methyl sites for hydroxylation is 1. The number of halogens is 2. The maximum Gasteiger partial charge on any atom is 0.173 e. The van der Waals surface area contributed by atoms with Crippen molar-refractivity contribution < 1.29 is 13.5 Å². The number of H-pyrrole nitrogens is 1. The summed E-state index contributed by atoms with van der Waals surface area (Å²) in [5.41, 5.74) is 1.69. The number of benzene rings is 1. The third-order valence-electron chi connectivity index (χ3n) is 2.47. The monoisotopic (exact) mass is 223 g/mol. The van der Waals surface area contributed by atoms with E-state index in [1.165, 1.54) is 7.11 Å². The van der Waals surface area contributed by atoms with E-state index >= 15 is 0 Å². The zero-order valence-electron chi connectivity index (χ0n) is 8.97. The molecule has 0 aliphatic rings. The third-order valence-corrected chi connectivity index (χ3v) is 2.47. The van der Waals surface area contributed by atoms with Crippen molar-refractivity contribution in [2.45, 2.75) is 6.92 Å². The fraction of sp³-hybridized carbons (Fsp3) is 0.167. The molecule has 1 aromatic carbocycles. The van der Waals surface area contributed by atoms with E-state index in [0.29, 0.717) is 5.56 Å². The Morgan fingerprint density at radius 1 is 1.12 bits per heavy atom. The summed E-state index contributed by atoms with van der Waals surface area (Å²) in [5, 5.41) is 0. The maximum atomic E-state index is 13.9. The van der Waals surface area contributed by atoms with E-state index in [9.17, 15) is 8.78 Å². The average molecular weight is 223 g/mol. The minimum absolute atomic E-state index is 0.0874. The molecule has 0 atom stereocenters. The maximum absolute atomic E-state index is 13.9. The molecular weight excluding hydrogens is 212 g/mol. The normalized spacial score (nSPS) is 10.5. The largest absolute Gasteiger partial charge is 0.494 e. The zero-order valence-corrected chi connectivity index (χ0v) is 8.97. The highest BCUT2D eigenvalue weighted by Gasteiger charge is 2.15. The van der Waals surface area contributed by atoms with Crippen molar-refractivity contribution in [2.24, 2.45) is 0 Å². The SMILES string of the molecule is COc1cc(F)cc(-c2c[nH]cc2C)c1F. The molecule has 0 saturated carbocycles. The summed E-state index contributed by atoms with van der Waals surface area (Å²) in [6, 6.07) is 2.19. The molecule has 0 fully saturated rings. The molecule has 0 aliphatic carbocycles. The molecular formula is C12H11F2NO. The van der Waals surface area contributed by atoms with Crippen molar-refractivity contribution in [2.75, 3.05) is 7.11 Å². The summed E-state index contributed by atoms with van der Waals surface area (Å²) in [6.45, 7) is 1.82. The lowest BCUT2D eigenvalue weighted by Gasteiger charge is -2.07. The molecule has 0 aliphatic heterocycles. The first-order chi connectivity index (χ1) is 7.63. The average Bonchev–Trinajstić information content (AvgIpc) is 2.67. The highest BCUT2D eigenvalue weighted by molar-refractivity contribution is 5.68. The Morgan fingerprint density at radius 3 is 2.44 bits per heavy atom. The van der Waals surface area contributed by atoms with Gasteiger partial charge in [0.25, 0.3) is 0 Å². The number of hydrogen-bond donors (Lipinski definition) is 1. The Hall–Kier alpha value is -1.84. The lowest BCUT2D eigenvalue weighted by Crippen LogP contribution is -1.93. The van der Waals surface area contributed by atoms with Crippen LogP contribution < -0.4 is 4.74 Å². The lowest BCUT2D eigenvalue weighted by molar-refractivity contribution is 0.383. The molecule has 2 rings (SSSR count). The van der Waals surface area contributed by atoms with Gasteiger partial charge >= 0.3 is 0 Å². The van der Waals surface area contributed by atoms with E-state index in [2.05, 4.69) is 4.98 Å². The molecule has 1 N–H and O–H groups in total. The second-order valence-corrected chi connectivity index (χ2v) is 3.52. The Balaban J connectivity index is 2.65. The van der Waals surface area contributed by atoms with Crippen LogP contribution in [0.25, 0.3) is 11.1 Å². The summed E-state index contributed by atoms with van der Waals surface area (Å²) in [6.07, 6.45) is 3.36. The highest BCUT2D eigenvalue weighted by atomic mass is 19.1. The van der Waals surface area contributed by atoms with E-state index in [1.807, 2.05) is 6.92 Å². The molecule has 0 unspecified atom stereocenters. The molecule has 4 heteroatoms. The van der Waals surface area contributed by atoms with Crippen molar-refractivity contribution in [3.63, 3.8) is 0 Å².